The van der Waals surface area contributed by atoms with E-state index in [1.54, 1.807) is 0 Å². The number of carbonyl (C=O) groups excluding carboxylic acids is 1. The van der Waals surface area contributed by atoms with Crippen LogP contribution in [0, 0.1) is 22.7 Å². The number of aromatic hydroxyl groups is 1. The minimum atomic E-state index is -0.868. The Morgan fingerprint density at radius 3 is 2.55 bits per heavy atom. The highest BCUT2D eigenvalue weighted by Crippen LogP contribution is 2.66. The normalized spacial score (nSPS) is 40.2. The van der Waals surface area contributed by atoms with Crippen LogP contribution in [0.5, 0.6) is 11.5 Å². The molecular formula is C23H32O6. The second-order valence-electron chi connectivity index (χ2n) is 10.2. The molecule has 3 aliphatic rings. The number of hydrogen-bond acceptors (Lipinski definition) is 6. The summed E-state index contributed by atoms with van der Waals surface area (Å²) in [6, 6.07) is 1.45. The Morgan fingerprint density at radius 1 is 1.24 bits per heavy atom. The van der Waals surface area contributed by atoms with Crippen molar-refractivity contribution in [2.75, 3.05) is 0 Å². The molecule has 4 rings (SSSR count). The van der Waals surface area contributed by atoms with E-state index < -0.39 is 28.6 Å². The van der Waals surface area contributed by atoms with Crippen molar-refractivity contribution in [1.29, 1.82) is 0 Å². The fourth-order valence-corrected chi connectivity index (χ4v) is 6.96. The zero-order chi connectivity index (χ0) is 21.4. The zero-order valence-corrected chi connectivity index (χ0v) is 17.6. The number of hydrogen-bond donors (Lipinski definition) is 4. The van der Waals surface area contributed by atoms with Gasteiger partial charge in [0.2, 0.25) is 0 Å². The van der Waals surface area contributed by atoms with Crippen molar-refractivity contribution in [3.8, 4) is 11.5 Å². The molecule has 4 N–H and O–H groups in total. The SMILES string of the molecule is C[C@@H]1CC[C@H]2C(C)(C)[C@H](O)[C@H](O)C[C@]2(C)[C@]12Cc1c(O)cc(CO)c(C=O)c1O2. The third-order valence-corrected chi connectivity index (χ3v) is 8.57. The number of phenolic OH excluding ortho intramolecular Hbond substituents is 1. The minimum absolute atomic E-state index is 0.0279. The first-order chi connectivity index (χ1) is 13.5. The minimum Gasteiger partial charge on any atom is -0.508 e. The lowest BCUT2D eigenvalue weighted by atomic mass is 9.43. The third-order valence-electron chi connectivity index (χ3n) is 8.57. The summed E-state index contributed by atoms with van der Waals surface area (Å²) in [7, 11) is 0. The first-order valence-electron chi connectivity index (χ1n) is 10.5. The fourth-order valence-electron chi connectivity index (χ4n) is 6.96. The van der Waals surface area contributed by atoms with Gasteiger partial charge in [-0.3, -0.25) is 4.79 Å². The quantitative estimate of drug-likeness (QED) is 0.565. The second kappa shape index (κ2) is 6.43. The van der Waals surface area contributed by atoms with Crippen molar-refractivity contribution in [2.45, 2.75) is 77.8 Å². The maximum atomic E-state index is 11.8. The lowest BCUT2D eigenvalue weighted by molar-refractivity contribution is -0.240. The standard InChI is InChI=1S/C23H32O6/c1-12-5-6-18-21(2,3)20(28)17(27)9-22(18,4)23(12)8-14-16(26)7-13(10-24)15(11-25)19(14)29-23/h7,11-12,17-18,20,24,26-28H,5-6,8-10H2,1-4H3/t12-,17-,18+,20-,22+,23+/m1/s1. The van der Waals surface area contributed by atoms with Gasteiger partial charge < -0.3 is 25.2 Å². The molecule has 6 nitrogen and oxygen atoms in total. The van der Waals surface area contributed by atoms with Gasteiger partial charge in [-0.15, -0.1) is 0 Å². The highest BCUT2D eigenvalue weighted by Gasteiger charge is 2.68. The van der Waals surface area contributed by atoms with Crippen LogP contribution in [0.3, 0.4) is 0 Å². The van der Waals surface area contributed by atoms with Crippen LogP contribution in [0.1, 0.15) is 68.4 Å². The lowest BCUT2D eigenvalue weighted by Gasteiger charge is -2.64. The van der Waals surface area contributed by atoms with Gasteiger partial charge in [-0.25, -0.2) is 0 Å². The first-order valence-corrected chi connectivity index (χ1v) is 10.5. The molecule has 6 heteroatoms. The van der Waals surface area contributed by atoms with Crippen LogP contribution in [-0.2, 0) is 13.0 Å². The largest absolute Gasteiger partial charge is 0.508 e. The number of aliphatic hydroxyl groups excluding tert-OH is 3. The number of fused-ring (bicyclic) bond motifs is 3. The average molecular weight is 405 g/mol. The predicted octanol–water partition coefficient (Wildman–Crippen LogP) is 2.57. The molecule has 1 aromatic carbocycles. The Bertz CT molecular complexity index is 848. The number of rotatable bonds is 2. The number of ether oxygens (including phenoxy) is 1. The molecule has 0 saturated heterocycles. The summed E-state index contributed by atoms with van der Waals surface area (Å²) < 4.78 is 6.65. The fraction of sp³-hybridized carbons (Fsp3) is 0.696. The number of benzene rings is 1. The number of aldehydes is 1. The highest BCUT2D eigenvalue weighted by atomic mass is 16.5. The number of carbonyl (C=O) groups is 1. The molecule has 160 valence electrons. The van der Waals surface area contributed by atoms with Crippen molar-refractivity contribution in [3.05, 3.63) is 22.8 Å². The Kier molecular flexibility index (Phi) is 4.58. The van der Waals surface area contributed by atoms with Crippen LogP contribution < -0.4 is 4.74 Å². The molecule has 0 bridgehead atoms. The molecule has 2 aliphatic carbocycles. The summed E-state index contributed by atoms with van der Waals surface area (Å²) in [6.45, 7) is 7.90. The Balaban J connectivity index is 1.89. The second-order valence-corrected chi connectivity index (χ2v) is 10.2. The van der Waals surface area contributed by atoms with E-state index in [0.29, 0.717) is 36.0 Å². The van der Waals surface area contributed by atoms with Gasteiger partial charge in [0, 0.05) is 17.4 Å². The van der Waals surface area contributed by atoms with Gasteiger partial charge in [0.1, 0.15) is 17.1 Å². The smallest absolute Gasteiger partial charge is 0.154 e. The van der Waals surface area contributed by atoms with Gasteiger partial charge in [0.05, 0.1) is 24.4 Å². The topological polar surface area (TPSA) is 107 Å². The van der Waals surface area contributed by atoms with E-state index in [1.165, 1.54) is 6.07 Å². The maximum absolute atomic E-state index is 11.8. The molecule has 29 heavy (non-hydrogen) atoms. The molecule has 6 atom stereocenters. The van der Waals surface area contributed by atoms with Crippen LogP contribution in [-0.4, -0.2) is 44.5 Å². The number of phenols is 1. The highest BCUT2D eigenvalue weighted by molar-refractivity contribution is 5.84. The molecule has 1 spiro atoms. The molecule has 0 unspecified atom stereocenters. The Labute approximate surface area is 171 Å². The summed E-state index contributed by atoms with van der Waals surface area (Å²) in [5, 5.41) is 41.8. The third kappa shape index (κ3) is 2.49. The Hall–Kier alpha value is -1.63. The summed E-state index contributed by atoms with van der Waals surface area (Å²) in [5.41, 5.74) is -0.443. The molecule has 1 aromatic rings. The van der Waals surface area contributed by atoms with E-state index >= 15 is 0 Å². The number of aliphatic hydroxyl groups is 3. The van der Waals surface area contributed by atoms with Crippen molar-refractivity contribution in [2.24, 2.45) is 22.7 Å². The summed E-state index contributed by atoms with van der Waals surface area (Å²) in [5.74, 6) is 0.625. The van der Waals surface area contributed by atoms with Gasteiger partial charge in [-0.05, 0) is 48.1 Å². The van der Waals surface area contributed by atoms with Crippen molar-refractivity contribution in [3.63, 3.8) is 0 Å². The summed E-state index contributed by atoms with van der Waals surface area (Å²) >= 11 is 0. The van der Waals surface area contributed by atoms with Crippen molar-refractivity contribution >= 4 is 6.29 Å². The van der Waals surface area contributed by atoms with E-state index in [0.717, 1.165) is 12.8 Å². The van der Waals surface area contributed by atoms with Gasteiger partial charge in [-0.1, -0.05) is 27.7 Å². The van der Waals surface area contributed by atoms with Crippen LogP contribution in [0.15, 0.2) is 6.07 Å². The Morgan fingerprint density at radius 2 is 1.93 bits per heavy atom. The molecule has 1 heterocycles. The molecule has 2 fully saturated rings. The maximum Gasteiger partial charge on any atom is 0.154 e. The molecular weight excluding hydrogens is 372 g/mol. The molecule has 0 radical (unpaired) electrons. The van der Waals surface area contributed by atoms with Gasteiger partial charge in [0.15, 0.2) is 6.29 Å². The molecule has 1 aliphatic heterocycles. The predicted molar refractivity (Wildman–Crippen MR) is 107 cm³/mol. The van der Waals surface area contributed by atoms with Crippen LogP contribution in [0.2, 0.25) is 0 Å². The summed E-state index contributed by atoms with van der Waals surface area (Å²) in [6.07, 6.45) is 1.65. The van der Waals surface area contributed by atoms with E-state index in [1.807, 2.05) is 13.8 Å². The van der Waals surface area contributed by atoms with Gasteiger partial charge in [-0.2, -0.15) is 0 Å². The summed E-state index contributed by atoms with van der Waals surface area (Å²) in [4.78, 5) is 11.8. The van der Waals surface area contributed by atoms with Crippen molar-refractivity contribution in [1.82, 2.24) is 0 Å². The van der Waals surface area contributed by atoms with Crippen LogP contribution in [0.4, 0.5) is 0 Å². The van der Waals surface area contributed by atoms with Crippen LogP contribution in [0.25, 0.3) is 0 Å². The van der Waals surface area contributed by atoms with Crippen molar-refractivity contribution < 1.29 is 30.0 Å². The van der Waals surface area contributed by atoms with E-state index in [9.17, 15) is 25.2 Å². The van der Waals surface area contributed by atoms with E-state index in [4.69, 9.17) is 4.74 Å². The van der Waals surface area contributed by atoms with E-state index in [2.05, 4.69) is 13.8 Å². The molecule has 0 amide bonds. The first kappa shape index (κ1) is 20.6. The van der Waals surface area contributed by atoms with Crippen LogP contribution >= 0.6 is 0 Å². The molecule has 2 saturated carbocycles. The van der Waals surface area contributed by atoms with Gasteiger partial charge >= 0.3 is 0 Å². The van der Waals surface area contributed by atoms with Gasteiger partial charge in [0.25, 0.3) is 0 Å². The lowest BCUT2D eigenvalue weighted by Crippen LogP contribution is -2.69. The zero-order valence-electron chi connectivity index (χ0n) is 17.6. The average Bonchev–Trinajstić information content (AvgIpc) is 3.07. The van der Waals surface area contributed by atoms with E-state index in [-0.39, 0.29) is 29.8 Å². The molecule has 0 aromatic heterocycles. The monoisotopic (exact) mass is 404 g/mol.